The van der Waals surface area contributed by atoms with Gasteiger partial charge in [0.2, 0.25) is 0 Å². The lowest BCUT2D eigenvalue weighted by atomic mass is 10.1. The average Bonchev–Trinajstić information content (AvgIpc) is 2.45. The zero-order valence-corrected chi connectivity index (χ0v) is 9.62. The van der Waals surface area contributed by atoms with Crippen LogP contribution in [0.15, 0.2) is 36.9 Å². The lowest BCUT2D eigenvalue weighted by molar-refractivity contribution is 0.0601. The average molecular weight is 239 g/mol. The van der Waals surface area contributed by atoms with Gasteiger partial charge in [0.15, 0.2) is 0 Å². The largest absolute Gasteiger partial charge is 0.465 e. The van der Waals surface area contributed by atoms with Gasteiger partial charge in [-0.1, -0.05) is 6.07 Å². The van der Waals surface area contributed by atoms with Gasteiger partial charge in [-0.2, -0.15) is 0 Å². The van der Waals surface area contributed by atoms with Crippen LogP contribution in [0.1, 0.15) is 10.4 Å². The molecule has 88 valence electrons. The standard InChI is InChI=1S/C13H9N3O2/c1-18-13(17)8-2-3-9-10-5-14-7-16-12(10)6-15-11(9)4-8/h2-7H,1H3. The summed E-state index contributed by atoms with van der Waals surface area (Å²) in [5, 5.41) is 1.83. The number of pyridine rings is 1. The van der Waals surface area contributed by atoms with Gasteiger partial charge in [0.25, 0.3) is 0 Å². The molecule has 0 spiro atoms. The second kappa shape index (κ2) is 4.03. The lowest BCUT2D eigenvalue weighted by Gasteiger charge is -2.04. The molecular formula is C13H9N3O2. The van der Waals surface area contributed by atoms with Crippen LogP contribution >= 0.6 is 0 Å². The SMILES string of the molecule is COC(=O)c1ccc2c(c1)ncc1ncncc12. The van der Waals surface area contributed by atoms with E-state index in [1.165, 1.54) is 13.4 Å². The first-order valence-electron chi connectivity index (χ1n) is 5.36. The van der Waals surface area contributed by atoms with Gasteiger partial charge in [0.05, 0.1) is 29.9 Å². The van der Waals surface area contributed by atoms with Gasteiger partial charge in [0, 0.05) is 17.0 Å². The number of esters is 1. The molecule has 0 aliphatic rings. The van der Waals surface area contributed by atoms with E-state index in [1.807, 2.05) is 6.07 Å². The molecule has 0 saturated heterocycles. The fraction of sp³-hybridized carbons (Fsp3) is 0.0769. The van der Waals surface area contributed by atoms with Gasteiger partial charge in [0.1, 0.15) is 6.33 Å². The van der Waals surface area contributed by atoms with Crippen LogP contribution in [-0.2, 0) is 4.74 Å². The third kappa shape index (κ3) is 1.57. The fourth-order valence-electron chi connectivity index (χ4n) is 1.89. The van der Waals surface area contributed by atoms with Crippen LogP contribution in [0.3, 0.4) is 0 Å². The van der Waals surface area contributed by atoms with E-state index in [9.17, 15) is 4.79 Å². The maximum atomic E-state index is 11.4. The summed E-state index contributed by atoms with van der Waals surface area (Å²) in [5.41, 5.74) is 1.98. The van der Waals surface area contributed by atoms with E-state index in [1.54, 1.807) is 24.5 Å². The summed E-state index contributed by atoms with van der Waals surface area (Å²) in [6.45, 7) is 0. The molecule has 0 radical (unpaired) electrons. The number of rotatable bonds is 1. The van der Waals surface area contributed by atoms with Crippen LogP contribution in [-0.4, -0.2) is 28.0 Å². The van der Waals surface area contributed by atoms with Crippen molar-refractivity contribution >= 4 is 27.8 Å². The molecule has 2 aromatic heterocycles. The van der Waals surface area contributed by atoms with Crippen molar-refractivity contribution in [3.8, 4) is 0 Å². The summed E-state index contributed by atoms with van der Waals surface area (Å²) in [6.07, 6.45) is 4.89. The normalized spacial score (nSPS) is 10.7. The molecule has 3 rings (SSSR count). The number of fused-ring (bicyclic) bond motifs is 3. The highest BCUT2D eigenvalue weighted by Gasteiger charge is 2.08. The first-order valence-corrected chi connectivity index (χ1v) is 5.36. The molecule has 0 N–H and O–H groups in total. The summed E-state index contributed by atoms with van der Waals surface area (Å²) in [4.78, 5) is 23.9. The number of hydrogen-bond acceptors (Lipinski definition) is 5. The Morgan fingerprint density at radius 2 is 2.00 bits per heavy atom. The molecule has 18 heavy (non-hydrogen) atoms. The third-order valence-corrected chi connectivity index (χ3v) is 2.78. The second-order valence-electron chi connectivity index (χ2n) is 3.80. The van der Waals surface area contributed by atoms with E-state index in [2.05, 4.69) is 19.7 Å². The number of carbonyl (C=O) groups is 1. The number of ether oxygens (including phenoxy) is 1. The van der Waals surface area contributed by atoms with E-state index in [0.717, 1.165) is 21.8 Å². The highest BCUT2D eigenvalue weighted by molar-refractivity contribution is 6.05. The van der Waals surface area contributed by atoms with Crippen LogP contribution in [0, 0.1) is 0 Å². The smallest absolute Gasteiger partial charge is 0.337 e. The van der Waals surface area contributed by atoms with E-state index >= 15 is 0 Å². The number of aromatic nitrogens is 3. The minimum absolute atomic E-state index is 0.372. The van der Waals surface area contributed by atoms with E-state index in [0.29, 0.717) is 5.56 Å². The molecule has 0 amide bonds. The highest BCUT2D eigenvalue weighted by atomic mass is 16.5. The maximum Gasteiger partial charge on any atom is 0.337 e. The molecule has 0 atom stereocenters. The number of benzene rings is 1. The summed E-state index contributed by atoms with van der Waals surface area (Å²) < 4.78 is 4.68. The molecule has 0 aliphatic carbocycles. The molecule has 2 heterocycles. The lowest BCUT2D eigenvalue weighted by Crippen LogP contribution is -2.01. The molecule has 1 aromatic carbocycles. The monoisotopic (exact) mass is 239 g/mol. The van der Waals surface area contributed by atoms with Gasteiger partial charge >= 0.3 is 5.97 Å². The maximum absolute atomic E-state index is 11.4. The molecule has 0 bridgehead atoms. The van der Waals surface area contributed by atoms with Crippen molar-refractivity contribution < 1.29 is 9.53 Å². The van der Waals surface area contributed by atoms with Gasteiger partial charge in [-0.05, 0) is 12.1 Å². The Morgan fingerprint density at radius 3 is 2.83 bits per heavy atom. The minimum atomic E-state index is -0.372. The Kier molecular flexibility index (Phi) is 2.37. The molecule has 5 nitrogen and oxygen atoms in total. The first kappa shape index (κ1) is 10.6. The van der Waals surface area contributed by atoms with Crippen LogP contribution in [0.25, 0.3) is 21.8 Å². The molecule has 0 fully saturated rings. The Morgan fingerprint density at radius 1 is 1.11 bits per heavy atom. The van der Waals surface area contributed by atoms with Crippen molar-refractivity contribution in [1.29, 1.82) is 0 Å². The molecule has 3 aromatic rings. The van der Waals surface area contributed by atoms with E-state index in [-0.39, 0.29) is 5.97 Å². The summed E-state index contributed by atoms with van der Waals surface area (Å²) in [6, 6.07) is 5.25. The number of nitrogens with zero attached hydrogens (tertiary/aromatic N) is 3. The second-order valence-corrected chi connectivity index (χ2v) is 3.80. The summed E-state index contributed by atoms with van der Waals surface area (Å²) in [5.74, 6) is -0.372. The van der Waals surface area contributed by atoms with Gasteiger partial charge in [-0.3, -0.25) is 4.98 Å². The predicted octanol–water partition coefficient (Wildman–Crippen LogP) is 1.96. The molecule has 0 saturated carbocycles. The van der Waals surface area contributed by atoms with Crippen LogP contribution in [0.2, 0.25) is 0 Å². The zero-order valence-electron chi connectivity index (χ0n) is 9.62. The Hall–Kier alpha value is -2.56. The Labute approximate surface area is 102 Å². The van der Waals surface area contributed by atoms with Crippen molar-refractivity contribution in [1.82, 2.24) is 15.0 Å². The Balaban J connectivity index is 2.31. The van der Waals surface area contributed by atoms with Gasteiger partial charge in [-0.25, -0.2) is 14.8 Å². The van der Waals surface area contributed by atoms with E-state index < -0.39 is 0 Å². The Bertz CT molecular complexity index is 755. The van der Waals surface area contributed by atoms with Crippen molar-refractivity contribution in [2.75, 3.05) is 7.11 Å². The molecule has 0 aliphatic heterocycles. The highest BCUT2D eigenvalue weighted by Crippen LogP contribution is 2.22. The summed E-state index contributed by atoms with van der Waals surface area (Å²) in [7, 11) is 1.36. The quantitative estimate of drug-likeness (QED) is 0.479. The molecule has 0 unspecified atom stereocenters. The van der Waals surface area contributed by atoms with Gasteiger partial charge < -0.3 is 4.74 Å². The number of hydrogen-bond donors (Lipinski definition) is 0. The van der Waals surface area contributed by atoms with Crippen molar-refractivity contribution in [3.05, 3.63) is 42.5 Å². The van der Waals surface area contributed by atoms with Crippen molar-refractivity contribution in [2.45, 2.75) is 0 Å². The number of methoxy groups -OCH3 is 1. The summed E-state index contributed by atoms with van der Waals surface area (Å²) >= 11 is 0. The van der Waals surface area contributed by atoms with Crippen molar-refractivity contribution in [3.63, 3.8) is 0 Å². The van der Waals surface area contributed by atoms with Crippen LogP contribution < -0.4 is 0 Å². The fourth-order valence-corrected chi connectivity index (χ4v) is 1.89. The van der Waals surface area contributed by atoms with Crippen molar-refractivity contribution in [2.24, 2.45) is 0 Å². The number of carbonyl (C=O) groups excluding carboxylic acids is 1. The minimum Gasteiger partial charge on any atom is -0.465 e. The van der Waals surface area contributed by atoms with Crippen LogP contribution in [0.4, 0.5) is 0 Å². The first-order chi connectivity index (χ1) is 8.79. The topological polar surface area (TPSA) is 65.0 Å². The van der Waals surface area contributed by atoms with E-state index in [4.69, 9.17) is 0 Å². The van der Waals surface area contributed by atoms with Gasteiger partial charge in [-0.15, -0.1) is 0 Å². The van der Waals surface area contributed by atoms with Crippen LogP contribution in [0.5, 0.6) is 0 Å². The molecular weight excluding hydrogens is 230 g/mol. The third-order valence-electron chi connectivity index (χ3n) is 2.78. The molecule has 5 heteroatoms. The zero-order chi connectivity index (χ0) is 12.5. The predicted molar refractivity (Wildman–Crippen MR) is 66.2 cm³/mol.